The van der Waals surface area contributed by atoms with Gasteiger partial charge in [-0.2, -0.15) is 0 Å². The molecule has 0 aromatic rings. The van der Waals surface area contributed by atoms with Crippen molar-refractivity contribution in [2.24, 2.45) is 5.92 Å². The van der Waals surface area contributed by atoms with Crippen molar-refractivity contribution in [3.05, 3.63) is 11.6 Å². The van der Waals surface area contributed by atoms with E-state index < -0.39 is 23.8 Å². The van der Waals surface area contributed by atoms with Gasteiger partial charge in [0.15, 0.2) is 0 Å². The number of nitrogens with zero attached hydrogens (tertiary/aromatic N) is 1. The number of carbonyl (C=O) groups is 3. The van der Waals surface area contributed by atoms with Gasteiger partial charge in [-0.15, -0.1) is 0 Å². The number of thioether (sulfide) groups is 1. The Morgan fingerprint density at radius 1 is 1.21 bits per heavy atom. The van der Waals surface area contributed by atoms with Gasteiger partial charge < -0.3 is 0 Å². The van der Waals surface area contributed by atoms with E-state index in [4.69, 9.17) is 4.74 Å². The second kappa shape index (κ2) is 12.6. The van der Waals surface area contributed by atoms with Crippen molar-refractivity contribution in [1.29, 1.82) is 0 Å². The van der Waals surface area contributed by atoms with E-state index in [1.165, 1.54) is 4.90 Å². The maximum absolute atomic E-state index is 13.1. The number of hydrogen-bond donors (Lipinski definition) is 1. The topological polar surface area (TPSA) is 75.7 Å². The molecule has 8 heteroatoms. The fourth-order valence-electron chi connectivity index (χ4n) is 2.45. The van der Waals surface area contributed by atoms with Crippen molar-refractivity contribution in [3.63, 3.8) is 0 Å². The molecule has 0 saturated carbocycles. The second-order valence-corrected chi connectivity index (χ2v) is 10.1. The first-order valence-electron chi connectivity index (χ1n) is 9.43. The van der Waals surface area contributed by atoms with Gasteiger partial charge in [0.25, 0.3) is 0 Å². The summed E-state index contributed by atoms with van der Waals surface area (Å²) in [6.45, 7) is 13.2. The average Bonchev–Trinajstić information content (AvgIpc) is 2.52. The predicted octanol–water partition coefficient (Wildman–Crippen LogP) is 3.15. The van der Waals surface area contributed by atoms with Gasteiger partial charge in [-0.05, 0) is 0 Å². The molecule has 0 aliphatic carbocycles. The van der Waals surface area contributed by atoms with E-state index in [0.717, 1.165) is 11.3 Å². The Balaban J connectivity index is 5.70. The molecule has 0 aliphatic rings. The van der Waals surface area contributed by atoms with Crippen LogP contribution in [0.4, 0.5) is 4.79 Å². The number of nitrogens with one attached hydrogen (secondary N) is 1. The Morgan fingerprint density at radius 3 is 2.18 bits per heavy atom. The summed E-state index contributed by atoms with van der Waals surface area (Å²) >= 11 is 4.08. The molecule has 1 radical (unpaired) electrons. The first kappa shape index (κ1) is 27.0. The minimum absolute atomic E-state index is 0.157. The Labute approximate surface area is 182 Å². The van der Waals surface area contributed by atoms with E-state index in [-0.39, 0.29) is 23.1 Å². The van der Waals surface area contributed by atoms with Crippen LogP contribution in [0.5, 0.6) is 0 Å². The summed E-state index contributed by atoms with van der Waals surface area (Å²) in [5.74, 6) is 0.242. The van der Waals surface area contributed by atoms with Crippen LogP contribution in [0.2, 0.25) is 0 Å². The van der Waals surface area contributed by atoms with Crippen LogP contribution in [-0.4, -0.2) is 73.8 Å². The molecular weight excluding hydrogens is 443 g/mol. The van der Waals surface area contributed by atoms with Crippen molar-refractivity contribution >= 4 is 44.5 Å². The molecule has 0 spiro atoms. The third-order valence-electron chi connectivity index (χ3n) is 3.77. The summed E-state index contributed by atoms with van der Waals surface area (Å²) < 4.78 is 5.32. The number of carbonyl (C=O) groups excluding carboxylic acids is 3. The molecular formula is C20H35N2O4SSe. The standard InChI is InChI=1S/C20H35N2O4SSe/c1-13(2)9-11-22(19(25)26-20(5,6)7)16(14(3)4)17(23)21-15(18(24)28)10-12-27-8/h9,14-16H,10-12H2,1-8H3,(H,21,23). The molecule has 0 aromatic carbocycles. The SMILES string of the molecule is CSCCC(NC(=O)C(C(C)C)N(CC=C(C)C)C(=O)OC(C)(C)C)C(=O)[Se]. The van der Waals surface area contributed by atoms with Gasteiger partial charge in [-0.1, -0.05) is 0 Å². The maximum atomic E-state index is 13.1. The summed E-state index contributed by atoms with van der Waals surface area (Å²) in [5.41, 5.74) is 0.362. The van der Waals surface area contributed by atoms with E-state index in [1.54, 1.807) is 32.5 Å². The molecule has 161 valence electrons. The van der Waals surface area contributed by atoms with Crippen LogP contribution >= 0.6 is 11.8 Å². The number of hydrogen-bond acceptors (Lipinski definition) is 5. The van der Waals surface area contributed by atoms with Gasteiger partial charge in [-0.3, -0.25) is 0 Å². The average molecular weight is 479 g/mol. The third-order valence-corrected chi connectivity index (χ3v) is 5.01. The van der Waals surface area contributed by atoms with E-state index in [9.17, 15) is 14.4 Å². The molecule has 0 fully saturated rings. The van der Waals surface area contributed by atoms with Crippen molar-refractivity contribution in [3.8, 4) is 0 Å². The molecule has 6 nitrogen and oxygen atoms in total. The number of allylic oxidation sites excluding steroid dienone is 1. The van der Waals surface area contributed by atoms with Gasteiger partial charge in [-0.25, -0.2) is 0 Å². The Kier molecular flexibility index (Phi) is 12.1. The van der Waals surface area contributed by atoms with Crippen molar-refractivity contribution in [2.75, 3.05) is 18.6 Å². The minimum atomic E-state index is -0.749. The van der Waals surface area contributed by atoms with Gasteiger partial charge in [0.2, 0.25) is 0 Å². The zero-order valence-electron chi connectivity index (χ0n) is 18.3. The van der Waals surface area contributed by atoms with Crippen molar-refractivity contribution < 1.29 is 19.1 Å². The summed E-state index contributed by atoms with van der Waals surface area (Å²) in [4.78, 5) is 39.2. The van der Waals surface area contributed by atoms with Crippen LogP contribution in [0.15, 0.2) is 11.6 Å². The molecule has 28 heavy (non-hydrogen) atoms. The molecule has 1 N–H and O–H groups in total. The summed E-state index contributed by atoms with van der Waals surface area (Å²) in [7, 11) is 0. The fourth-order valence-corrected chi connectivity index (χ4v) is 3.29. The normalized spacial score (nSPS) is 13.5. The van der Waals surface area contributed by atoms with E-state index in [2.05, 4.69) is 21.3 Å². The molecule has 0 aliphatic heterocycles. The molecule has 0 bridgehead atoms. The monoisotopic (exact) mass is 479 g/mol. The molecule has 2 unspecified atom stereocenters. The quantitative estimate of drug-likeness (QED) is 0.386. The van der Waals surface area contributed by atoms with Gasteiger partial charge >= 0.3 is 182 Å². The molecule has 2 atom stereocenters. The Morgan fingerprint density at radius 2 is 1.79 bits per heavy atom. The zero-order valence-corrected chi connectivity index (χ0v) is 20.9. The first-order chi connectivity index (χ1) is 12.8. The van der Waals surface area contributed by atoms with Crippen LogP contribution in [-0.2, 0) is 14.3 Å². The van der Waals surface area contributed by atoms with Gasteiger partial charge in [0.05, 0.1) is 0 Å². The summed E-state index contributed by atoms with van der Waals surface area (Å²) in [5, 5.41) is 2.82. The van der Waals surface area contributed by atoms with Crippen LogP contribution in [0, 0.1) is 5.92 Å². The van der Waals surface area contributed by atoms with Crippen LogP contribution in [0.25, 0.3) is 0 Å². The van der Waals surface area contributed by atoms with Crippen LogP contribution < -0.4 is 5.32 Å². The molecule has 0 saturated heterocycles. The predicted molar refractivity (Wildman–Crippen MR) is 117 cm³/mol. The van der Waals surface area contributed by atoms with E-state index in [1.807, 2.05) is 40.0 Å². The second-order valence-electron chi connectivity index (χ2n) is 8.26. The molecule has 0 rings (SSSR count). The van der Waals surface area contributed by atoms with E-state index >= 15 is 0 Å². The summed E-state index contributed by atoms with van der Waals surface area (Å²) in [6, 6.07) is -1.35. The number of rotatable bonds is 10. The molecule has 0 heterocycles. The molecule has 0 aromatic heterocycles. The Bertz CT molecular complexity index is 569. The zero-order chi connectivity index (χ0) is 22.1. The van der Waals surface area contributed by atoms with Gasteiger partial charge in [0.1, 0.15) is 0 Å². The van der Waals surface area contributed by atoms with E-state index in [0.29, 0.717) is 6.42 Å². The van der Waals surface area contributed by atoms with Crippen molar-refractivity contribution in [1.82, 2.24) is 10.2 Å². The fraction of sp³-hybridized carbons (Fsp3) is 0.750. The Hall–Kier alpha value is -0.981. The first-order valence-corrected chi connectivity index (χ1v) is 11.7. The van der Waals surface area contributed by atoms with Crippen LogP contribution in [0.1, 0.15) is 54.9 Å². The summed E-state index contributed by atoms with van der Waals surface area (Å²) in [6.07, 6.45) is 3.82. The van der Waals surface area contributed by atoms with Crippen LogP contribution in [0.3, 0.4) is 0 Å². The van der Waals surface area contributed by atoms with Gasteiger partial charge in [0, 0.05) is 0 Å². The number of amides is 2. The third kappa shape index (κ3) is 10.5. The van der Waals surface area contributed by atoms with Crippen molar-refractivity contribution in [2.45, 2.75) is 72.6 Å². The number of ether oxygens (including phenoxy) is 1. The molecule has 2 amide bonds.